The third-order valence-electron chi connectivity index (χ3n) is 1.59. The summed E-state index contributed by atoms with van der Waals surface area (Å²) in [5.41, 5.74) is 5.34. The summed E-state index contributed by atoms with van der Waals surface area (Å²) in [4.78, 5) is 20.3. The molecule has 1 amide bonds. The molecule has 0 aliphatic carbocycles. The normalized spacial score (nSPS) is 9.79. The molecule has 0 fully saturated rings. The van der Waals surface area contributed by atoms with Gasteiger partial charge in [0.15, 0.2) is 0 Å². The van der Waals surface area contributed by atoms with E-state index in [1.165, 1.54) is 18.2 Å². The Kier molecular flexibility index (Phi) is 3.03. The molecule has 14 heavy (non-hydrogen) atoms. The highest BCUT2D eigenvalue weighted by atomic mass is 35.5. The first-order valence-corrected chi connectivity index (χ1v) is 4.09. The van der Waals surface area contributed by atoms with E-state index in [2.05, 4.69) is 0 Å². The van der Waals surface area contributed by atoms with E-state index >= 15 is 0 Å². The van der Waals surface area contributed by atoms with Crippen molar-refractivity contribution in [1.29, 1.82) is 0 Å². The molecule has 1 aromatic carbocycles. The van der Waals surface area contributed by atoms with E-state index < -0.39 is 10.8 Å². The van der Waals surface area contributed by atoms with Gasteiger partial charge in [0.2, 0.25) is 5.91 Å². The second-order valence-corrected chi connectivity index (χ2v) is 3.09. The van der Waals surface area contributed by atoms with E-state index in [1.807, 2.05) is 0 Å². The van der Waals surface area contributed by atoms with Crippen molar-refractivity contribution in [3.05, 3.63) is 38.9 Å². The van der Waals surface area contributed by atoms with Crippen LogP contribution in [0.5, 0.6) is 0 Å². The van der Waals surface area contributed by atoms with Gasteiger partial charge >= 0.3 is 0 Å². The van der Waals surface area contributed by atoms with Crippen molar-refractivity contribution in [2.45, 2.75) is 6.42 Å². The molecule has 5 nitrogen and oxygen atoms in total. The Morgan fingerprint density at radius 2 is 2.21 bits per heavy atom. The average molecular weight is 215 g/mol. The summed E-state index contributed by atoms with van der Waals surface area (Å²) in [7, 11) is 0. The lowest BCUT2D eigenvalue weighted by atomic mass is 10.1. The highest BCUT2D eigenvalue weighted by molar-refractivity contribution is 6.32. The van der Waals surface area contributed by atoms with E-state index in [0.717, 1.165) is 0 Å². The van der Waals surface area contributed by atoms with E-state index in [4.69, 9.17) is 17.3 Å². The van der Waals surface area contributed by atoms with Gasteiger partial charge < -0.3 is 5.73 Å². The minimum absolute atomic E-state index is 0.00810. The topological polar surface area (TPSA) is 86.2 Å². The number of halogens is 1. The summed E-state index contributed by atoms with van der Waals surface area (Å²) in [6, 6.07) is 4.07. The van der Waals surface area contributed by atoms with Gasteiger partial charge in [-0.25, -0.2) is 0 Å². The Balaban J connectivity index is 3.00. The third kappa shape index (κ3) is 2.43. The Bertz CT molecular complexity index is 392. The molecule has 0 aliphatic heterocycles. The van der Waals surface area contributed by atoms with Gasteiger partial charge in [-0.05, 0) is 11.6 Å². The maximum Gasteiger partial charge on any atom is 0.287 e. The SMILES string of the molecule is NC(=O)Cc1ccc([N+](=O)[O-])c(Cl)c1. The number of benzene rings is 1. The first-order chi connectivity index (χ1) is 6.50. The van der Waals surface area contributed by atoms with Gasteiger partial charge in [0.05, 0.1) is 11.3 Å². The lowest BCUT2D eigenvalue weighted by Gasteiger charge is -1.99. The first-order valence-electron chi connectivity index (χ1n) is 3.72. The number of primary amides is 1. The largest absolute Gasteiger partial charge is 0.369 e. The van der Waals surface area contributed by atoms with Crippen LogP contribution >= 0.6 is 11.6 Å². The van der Waals surface area contributed by atoms with Crippen LogP contribution in [-0.4, -0.2) is 10.8 Å². The molecular weight excluding hydrogens is 208 g/mol. The number of amides is 1. The number of nitro benzene ring substituents is 1. The number of hydrogen-bond acceptors (Lipinski definition) is 3. The van der Waals surface area contributed by atoms with Gasteiger partial charge in [-0.15, -0.1) is 0 Å². The molecule has 74 valence electrons. The van der Waals surface area contributed by atoms with E-state index in [1.54, 1.807) is 0 Å². The molecule has 0 saturated carbocycles. The molecule has 0 radical (unpaired) electrons. The molecule has 1 aromatic rings. The summed E-state index contributed by atoms with van der Waals surface area (Å²) < 4.78 is 0. The quantitative estimate of drug-likeness (QED) is 0.607. The van der Waals surface area contributed by atoms with Crippen molar-refractivity contribution in [1.82, 2.24) is 0 Å². The molecule has 0 aromatic heterocycles. The summed E-state index contributed by atoms with van der Waals surface area (Å²) in [6.07, 6.45) is 0.0255. The van der Waals surface area contributed by atoms with Gasteiger partial charge in [-0.3, -0.25) is 14.9 Å². The minimum Gasteiger partial charge on any atom is -0.369 e. The van der Waals surface area contributed by atoms with Crippen LogP contribution in [0.3, 0.4) is 0 Å². The predicted octanol–water partition coefficient (Wildman–Crippen LogP) is 1.28. The van der Waals surface area contributed by atoms with Crippen LogP contribution in [0.15, 0.2) is 18.2 Å². The molecule has 0 unspecified atom stereocenters. The molecule has 0 atom stereocenters. The molecule has 0 aliphatic rings. The number of carbonyl (C=O) groups is 1. The maximum absolute atomic E-state index is 10.5. The first kappa shape index (κ1) is 10.5. The van der Waals surface area contributed by atoms with Crippen LogP contribution in [0.4, 0.5) is 5.69 Å². The second kappa shape index (κ2) is 4.06. The van der Waals surface area contributed by atoms with Crippen molar-refractivity contribution >= 4 is 23.2 Å². The molecule has 6 heteroatoms. The number of carbonyl (C=O) groups excluding carboxylic acids is 1. The molecule has 0 bridgehead atoms. The Hall–Kier alpha value is -1.62. The standard InChI is InChI=1S/C8H7ClN2O3/c9-6-3-5(4-8(10)12)1-2-7(6)11(13)14/h1-3H,4H2,(H2,10,12). The molecule has 0 saturated heterocycles. The third-order valence-corrected chi connectivity index (χ3v) is 1.89. The maximum atomic E-state index is 10.5. The van der Waals surface area contributed by atoms with Crippen molar-refractivity contribution in [3.8, 4) is 0 Å². The molecule has 0 heterocycles. The Morgan fingerprint density at radius 1 is 1.57 bits per heavy atom. The number of nitrogens with two attached hydrogens (primary N) is 1. The van der Waals surface area contributed by atoms with Crippen LogP contribution < -0.4 is 5.73 Å². The van der Waals surface area contributed by atoms with Gasteiger partial charge in [-0.1, -0.05) is 17.7 Å². The van der Waals surface area contributed by atoms with Crippen LogP contribution in [0, 0.1) is 10.1 Å². The fourth-order valence-electron chi connectivity index (χ4n) is 1.01. The van der Waals surface area contributed by atoms with Gasteiger partial charge in [0.1, 0.15) is 5.02 Å². The summed E-state index contributed by atoms with van der Waals surface area (Å²) in [5, 5.41) is 10.4. The van der Waals surface area contributed by atoms with Crippen molar-refractivity contribution in [2.75, 3.05) is 0 Å². The minimum atomic E-state index is -0.587. The van der Waals surface area contributed by atoms with Crippen molar-refractivity contribution in [2.24, 2.45) is 5.73 Å². The number of nitrogens with zero attached hydrogens (tertiary/aromatic N) is 1. The van der Waals surface area contributed by atoms with Gasteiger partial charge in [-0.2, -0.15) is 0 Å². The highest BCUT2D eigenvalue weighted by Crippen LogP contribution is 2.24. The highest BCUT2D eigenvalue weighted by Gasteiger charge is 2.12. The summed E-state index contributed by atoms with van der Waals surface area (Å²) in [6.45, 7) is 0. The van der Waals surface area contributed by atoms with E-state index in [-0.39, 0.29) is 17.1 Å². The average Bonchev–Trinajstić information content (AvgIpc) is 2.01. The van der Waals surface area contributed by atoms with Crippen molar-refractivity contribution < 1.29 is 9.72 Å². The van der Waals surface area contributed by atoms with E-state index in [0.29, 0.717) is 5.56 Å². The fraction of sp³-hybridized carbons (Fsp3) is 0.125. The molecule has 2 N–H and O–H groups in total. The second-order valence-electron chi connectivity index (χ2n) is 2.69. The lowest BCUT2D eigenvalue weighted by Crippen LogP contribution is -2.13. The zero-order valence-corrected chi connectivity index (χ0v) is 7.82. The smallest absolute Gasteiger partial charge is 0.287 e. The molecular formula is C8H7ClN2O3. The lowest BCUT2D eigenvalue weighted by molar-refractivity contribution is -0.384. The number of hydrogen-bond donors (Lipinski definition) is 1. The van der Waals surface area contributed by atoms with Crippen molar-refractivity contribution in [3.63, 3.8) is 0 Å². The molecule has 1 rings (SSSR count). The molecule has 0 spiro atoms. The predicted molar refractivity (Wildman–Crippen MR) is 51.0 cm³/mol. The van der Waals surface area contributed by atoms with Crippen LogP contribution in [0.1, 0.15) is 5.56 Å². The fourth-order valence-corrected chi connectivity index (χ4v) is 1.28. The van der Waals surface area contributed by atoms with Crippen LogP contribution in [0.2, 0.25) is 5.02 Å². The number of rotatable bonds is 3. The van der Waals surface area contributed by atoms with Gasteiger partial charge in [0, 0.05) is 6.07 Å². The Labute approximate surface area is 84.6 Å². The van der Waals surface area contributed by atoms with E-state index in [9.17, 15) is 14.9 Å². The monoisotopic (exact) mass is 214 g/mol. The zero-order valence-electron chi connectivity index (χ0n) is 7.07. The summed E-state index contributed by atoms with van der Waals surface area (Å²) >= 11 is 5.61. The van der Waals surface area contributed by atoms with Gasteiger partial charge in [0.25, 0.3) is 5.69 Å². The van der Waals surface area contributed by atoms with Crippen LogP contribution in [0.25, 0.3) is 0 Å². The summed E-state index contributed by atoms with van der Waals surface area (Å²) in [5.74, 6) is -0.505. The number of nitro groups is 1. The van der Waals surface area contributed by atoms with Crippen LogP contribution in [-0.2, 0) is 11.2 Å². The zero-order chi connectivity index (χ0) is 10.7. The Morgan fingerprint density at radius 3 is 2.64 bits per heavy atom.